The summed E-state index contributed by atoms with van der Waals surface area (Å²) < 4.78 is 16.7. The number of nitrogens with one attached hydrogen (secondary N) is 2. The third-order valence-corrected chi connectivity index (χ3v) is 4.89. The van der Waals surface area contributed by atoms with Gasteiger partial charge in [-0.25, -0.2) is 4.98 Å². The van der Waals surface area contributed by atoms with E-state index in [1.165, 1.54) is 7.11 Å². The number of hydrogen-bond donors (Lipinski definition) is 2. The molecule has 2 N–H and O–H groups in total. The average Bonchev–Trinajstić information content (AvgIpc) is 2.71. The van der Waals surface area contributed by atoms with Crippen molar-refractivity contribution in [3.63, 3.8) is 0 Å². The van der Waals surface area contributed by atoms with Crippen molar-refractivity contribution in [3.05, 3.63) is 39.7 Å². The van der Waals surface area contributed by atoms with Gasteiger partial charge in [0.15, 0.2) is 0 Å². The highest BCUT2D eigenvalue weighted by molar-refractivity contribution is 5.88. The number of ether oxygens (including phenoxy) is 3. The van der Waals surface area contributed by atoms with E-state index in [1.807, 2.05) is 26.8 Å². The van der Waals surface area contributed by atoms with E-state index in [4.69, 9.17) is 19.2 Å². The number of aryl methyl sites for hydroxylation is 1. The lowest BCUT2D eigenvalue weighted by Crippen LogP contribution is -2.14. The Labute approximate surface area is 176 Å². The molecule has 7 nitrogen and oxygen atoms in total. The van der Waals surface area contributed by atoms with E-state index < -0.39 is 0 Å². The highest BCUT2D eigenvalue weighted by Crippen LogP contribution is 2.39. The van der Waals surface area contributed by atoms with Crippen molar-refractivity contribution >= 4 is 16.6 Å². The number of aromatic nitrogens is 2. The fraction of sp³-hybridized carbons (Fsp3) is 0.391. The molecule has 3 rings (SSSR count). The largest absolute Gasteiger partial charge is 0.497 e. The molecule has 0 saturated heterocycles. The van der Waals surface area contributed by atoms with Crippen molar-refractivity contribution in [2.75, 3.05) is 26.1 Å². The van der Waals surface area contributed by atoms with Crippen LogP contribution < -0.4 is 25.1 Å². The molecule has 2 aromatic carbocycles. The third kappa shape index (κ3) is 3.92. The Morgan fingerprint density at radius 2 is 1.87 bits per heavy atom. The molecule has 0 bridgehead atoms. The molecule has 1 aromatic heterocycles. The molecule has 0 radical (unpaired) electrons. The minimum absolute atomic E-state index is 0.279. The zero-order valence-corrected chi connectivity index (χ0v) is 18.6. The Balaban J connectivity index is 2.30. The van der Waals surface area contributed by atoms with Gasteiger partial charge >= 0.3 is 0 Å². The van der Waals surface area contributed by atoms with Crippen LogP contribution in [-0.4, -0.2) is 36.8 Å². The average molecular weight is 412 g/mol. The first kappa shape index (κ1) is 21.5. The van der Waals surface area contributed by atoms with Crippen LogP contribution in [0.5, 0.6) is 17.2 Å². The predicted molar refractivity (Wildman–Crippen MR) is 120 cm³/mol. The highest BCUT2D eigenvalue weighted by Gasteiger charge is 2.20. The van der Waals surface area contributed by atoms with E-state index in [2.05, 4.69) is 24.1 Å². The van der Waals surface area contributed by atoms with E-state index in [9.17, 15) is 4.79 Å². The van der Waals surface area contributed by atoms with Gasteiger partial charge in [-0.2, -0.15) is 0 Å². The summed E-state index contributed by atoms with van der Waals surface area (Å²) in [7, 11) is 3.08. The highest BCUT2D eigenvalue weighted by atomic mass is 16.5. The number of fused-ring (bicyclic) bond motifs is 1. The first-order valence-corrected chi connectivity index (χ1v) is 10.0. The standard InChI is InChI=1S/C23H29N3O4/c1-8-30-21-14(5)20(24-12(2)3)13(4)9-16(21)22-25-17-10-15(28-6)11-18(29-7)19(17)23(27)26-22/h9-12,24H,8H2,1-7H3,(H,25,26,27). The molecule has 0 spiro atoms. The number of anilines is 1. The van der Waals surface area contributed by atoms with Crippen LogP contribution >= 0.6 is 0 Å². The molecule has 3 aromatic rings. The second kappa shape index (κ2) is 8.65. The Kier molecular flexibility index (Phi) is 6.20. The van der Waals surface area contributed by atoms with E-state index >= 15 is 0 Å². The van der Waals surface area contributed by atoms with E-state index in [0.717, 1.165) is 22.4 Å². The molecule has 0 fully saturated rings. The van der Waals surface area contributed by atoms with Gasteiger partial charge < -0.3 is 24.5 Å². The fourth-order valence-corrected chi connectivity index (χ4v) is 3.60. The number of aromatic amines is 1. The summed E-state index contributed by atoms with van der Waals surface area (Å²) in [5.41, 5.74) is 4.01. The third-order valence-electron chi connectivity index (χ3n) is 4.89. The van der Waals surface area contributed by atoms with Crippen molar-refractivity contribution in [2.24, 2.45) is 0 Å². The number of hydrogen-bond acceptors (Lipinski definition) is 6. The van der Waals surface area contributed by atoms with Gasteiger partial charge in [0.05, 0.1) is 31.9 Å². The van der Waals surface area contributed by atoms with Gasteiger partial charge in [-0.05, 0) is 46.2 Å². The maximum atomic E-state index is 12.9. The van der Waals surface area contributed by atoms with Crippen molar-refractivity contribution in [1.82, 2.24) is 9.97 Å². The molecule has 0 atom stereocenters. The second-order valence-electron chi connectivity index (χ2n) is 7.44. The SMILES string of the molecule is CCOc1c(-c2nc3cc(OC)cc(OC)c3c(=O)[nH]2)cc(C)c(NC(C)C)c1C. The van der Waals surface area contributed by atoms with Crippen LogP contribution in [0.3, 0.4) is 0 Å². The molecule has 0 aliphatic heterocycles. The lowest BCUT2D eigenvalue weighted by atomic mass is 10.0. The Morgan fingerprint density at radius 3 is 2.47 bits per heavy atom. The van der Waals surface area contributed by atoms with Crippen LogP contribution in [-0.2, 0) is 0 Å². The Hall–Kier alpha value is -3.22. The van der Waals surface area contributed by atoms with Crippen LogP contribution in [0.1, 0.15) is 31.9 Å². The summed E-state index contributed by atoms with van der Waals surface area (Å²) in [5.74, 6) is 2.12. The Morgan fingerprint density at radius 1 is 1.13 bits per heavy atom. The van der Waals surface area contributed by atoms with E-state index in [-0.39, 0.29) is 11.6 Å². The molecule has 30 heavy (non-hydrogen) atoms. The minimum Gasteiger partial charge on any atom is -0.497 e. The Bertz CT molecular complexity index is 1140. The van der Waals surface area contributed by atoms with Crippen LogP contribution in [0.4, 0.5) is 5.69 Å². The lowest BCUT2D eigenvalue weighted by Gasteiger charge is -2.21. The number of nitrogens with zero attached hydrogens (tertiary/aromatic N) is 1. The molecule has 0 amide bonds. The minimum atomic E-state index is -0.281. The molecule has 160 valence electrons. The zero-order valence-electron chi connectivity index (χ0n) is 18.6. The molecule has 0 saturated carbocycles. The topological polar surface area (TPSA) is 85.5 Å². The van der Waals surface area contributed by atoms with Crippen LogP contribution in [0.25, 0.3) is 22.3 Å². The maximum Gasteiger partial charge on any atom is 0.262 e. The van der Waals surface area contributed by atoms with Crippen molar-refractivity contribution < 1.29 is 14.2 Å². The predicted octanol–water partition coefficient (Wildman–Crippen LogP) is 4.44. The second-order valence-corrected chi connectivity index (χ2v) is 7.44. The number of H-pyrrole nitrogens is 1. The summed E-state index contributed by atoms with van der Waals surface area (Å²) in [6.07, 6.45) is 0. The van der Waals surface area contributed by atoms with Crippen molar-refractivity contribution in [2.45, 2.75) is 40.7 Å². The van der Waals surface area contributed by atoms with Crippen LogP contribution in [0.2, 0.25) is 0 Å². The fourth-order valence-electron chi connectivity index (χ4n) is 3.60. The van der Waals surface area contributed by atoms with Gasteiger partial charge in [0.1, 0.15) is 28.5 Å². The number of methoxy groups -OCH3 is 2. The molecule has 0 aliphatic carbocycles. The van der Waals surface area contributed by atoms with E-state index in [0.29, 0.717) is 40.6 Å². The zero-order chi connectivity index (χ0) is 22.0. The summed E-state index contributed by atoms with van der Waals surface area (Å²) in [4.78, 5) is 20.6. The molecule has 0 aliphatic rings. The van der Waals surface area contributed by atoms with Gasteiger partial charge in [0.25, 0.3) is 5.56 Å². The summed E-state index contributed by atoms with van der Waals surface area (Å²) in [6, 6.07) is 5.67. The lowest BCUT2D eigenvalue weighted by molar-refractivity contribution is 0.339. The van der Waals surface area contributed by atoms with Gasteiger partial charge in [-0.15, -0.1) is 0 Å². The normalized spacial score (nSPS) is 11.1. The molecule has 1 heterocycles. The van der Waals surface area contributed by atoms with Crippen molar-refractivity contribution in [3.8, 4) is 28.6 Å². The smallest absolute Gasteiger partial charge is 0.262 e. The first-order valence-electron chi connectivity index (χ1n) is 10.0. The summed E-state index contributed by atoms with van der Waals surface area (Å²) in [5, 5.41) is 3.87. The summed E-state index contributed by atoms with van der Waals surface area (Å²) in [6.45, 7) is 10.7. The molecular weight excluding hydrogens is 382 g/mol. The molecule has 7 heteroatoms. The van der Waals surface area contributed by atoms with Gasteiger partial charge in [0.2, 0.25) is 0 Å². The monoisotopic (exact) mass is 411 g/mol. The molecular formula is C23H29N3O4. The molecule has 0 unspecified atom stereocenters. The maximum absolute atomic E-state index is 12.9. The van der Waals surface area contributed by atoms with E-state index in [1.54, 1.807) is 19.2 Å². The first-order chi connectivity index (χ1) is 14.3. The summed E-state index contributed by atoms with van der Waals surface area (Å²) >= 11 is 0. The van der Waals surface area contributed by atoms with Crippen molar-refractivity contribution in [1.29, 1.82) is 0 Å². The van der Waals surface area contributed by atoms with Crippen LogP contribution in [0.15, 0.2) is 23.0 Å². The van der Waals surface area contributed by atoms with Crippen LogP contribution in [0, 0.1) is 13.8 Å². The van der Waals surface area contributed by atoms with Gasteiger partial charge in [0, 0.05) is 29.4 Å². The van der Waals surface area contributed by atoms with Gasteiger partial charge in [-0.3, -0.25) is 4.79 Å². The van der Waals surface area contributed by atoms with Gasteiger partial charge in [-0.1, -0.05) is 0 Å². The number of rotatable bonds is 7. The quantitative estimate of drug-likeness (QED) is 0.598. The number of benzene rings is 2.